The minimum absolute atomic E-state index is 0.0555. The number of carbonyl (C=O) groups excluding carboxylic acids is 11. The molecule has 17 rings (SSSR count). The largest absolute Gasteiger partial charge is 0.504 e. The van der Waals surface area contributed by atoms with Gasteiger partial charge in [0.2, 0.25) is 82.3 Å². The number of ether oxygens (including phenoxy) is 15. The molecule has 12 atom stereocenters. The molecule has 700 valence electrons. The molecule has 1 aliphatic carbocycles. The van der Waals surface area contributed by atoms with E-state index in [1.807, 2.05) is 0 Å². The summed E-state index contributed by atoms with van der Waals surface area (Å²) in [4.78, 5) is 166. The molecular formula is C82H54O53. The molecule has 27 N–H and O–H groups in total. The lowest BCUT2D eigenvalue weighted by Crippen LogP contribution is -2.66. The zero-order chi connectivity index (χ0) is 97.6. The first-order valence-corrected chi connectivity index (χ1v) is 37.7. The maximum absolute atomic E-state index is 15.9. The van der Waals surface area contributed by atoms with Crippen molar-refractivity contribution in [3.05, 3.63) is 134 Å². The van der Waals surface area contributed by atoms with Gasteiger partial charge in [-0.2, -0.15) is 0 Å². The summed E-state index contributed by atoms with van der Waals surface area (Å²) in [6.07, 6.45) is -29.0. The van der Waals surface area contributed by atoms with Gasteiger partial charge < -0.3 is 209 Å². The molecular weight excluding hydrogens is 1830 g/mol. The lowest BCUT2D eigenvalue weighted by atomic mass is 9.74. The highest BCUT2D eigenvalue weighted by Crippen LogP contribution is 2.63. The van der Waals surface area contributed by atoms with Crippen molar-refractivity contribution in [3.8, 4) is 189 Å². The summed E-state index contributed by atoms with van der Waals surface area (Å²) in [5.41, 5.74) is -20.6. The van der Waals surface area contributed by atoms with Gasteiger partial charge in [0.25, 0.3) is 11.6 Å². The standard InChI is InChI=1S/C82H54O53/c83-25-1-15(2-26(84)45(25)94)69(108)129-65-62-36(13-121-71(110)17-5-29(87)47(96)53(102)39(17)40-18(73(112)127-62)6-30(88)48(97)54(40)103)125-80-67(65)132-77(116)23-9-32(90)50(99)57(106)59(23)123-35-11-21-42(56(105)61(35)126-60-24(78(117)134-80)10-33(91)51(100)58(60)107)41-19(7-31(89)49(98)55(41)104)74(113)130-66-63-37(14-122-72(21)111)124-79(133-70(109)16-3-27(85)46(95)28(86)4-16)68(66)131-75(114)20-8-34(92)52(101)64-43(20)44-22(76(115)128-63)12-38(93)81(118,119)82(44,120)135-64/h1-12,36-37,44,62-63,65-68,79-80,83-92,94-107,118-120H,13-14H2/t36-,37-,44+,62-,63-,65+,66+,67-,68-,79+,80+,82-/m1/s1. The Morgan fingerprint density at radius 2 is 0.689 bits per heavy atom. The number of benzene rings is 9. The van der Waals surface area contributed by atoms with E-state index in [-0.39, 0.29) is 36.4 Å². The van der Waals surface area contributed by atoms with Crippen LogP contribution in [-0.4, -0.2) is 290 Å². The highest BCUT2D eigenvalue weighted by molar-refractivity contribution is 6.12. The number of carbonyl (C=O) groups is 11. The van der Waals surface area contributed by atoms with E-state index >= 15 is 33.6 Å². The number of fused-ring (bicyclic) bond motifs is 11. The summed E-state index contributed by atoms with van der Waals surface area (Å²) in [6, 6.07) is 2.82. The van der Waals surface area contributed by atoms with Crippen LogP contribution in [0.4, 0.5) is 0 Å². The number of phenolic OH excluding ortho intramolecular Hbond substituents is 24. The number of hydrogen-bond donors (Lipinski definition) is 27. The molecule has 0 amide bonds. The van der Waals surface area contributed by atoms with Crippen LogP contribution in [0.25, 0.3) is 22.3 Å². The fourth-order valence-corrected chi connectivity index (χ4v) is 15.7. The summed E-state index contributed by atoms with van der Waals surface area (Å²) >= 11 is 0. The van der Waals surface area contributed by atoms with E-state index in [0.29, 0.717) is 36.4 Å². The second-order valence-corrected chi connectivity index (χ2v) is 30.1. The van der Waals surface area contributed by atoms with E-state index in [9.17, 15) is 157 Å². The SMILES string of the molecule is O=C1O[C@H]2[C@@H]3OC(=O)c4cc(O)c(O)c(O)c4-c4c(cc5c(c4O)Oc4c(cc(O)c(O)c4O)C(=O)O[C@@H]4O[C@@H]6COC(=O)c7cc(O)c(O)c(O)c7-c7c(cc(O)c(O)c7O)C(=O)O[C@H]6[C@H](OC(=O)c6cc(O)c(O)c(O)c6)[C@H]4OC(=O)c4cc(O)c(O)c(O)c4O5)C(=O)OC[C@H]2O[C@@H](OC(=O)c2cc(O)c(O)c(O)c2)[C@@H]3OC(=O)c2cc(O)c(O)c3c2[C@@H]2C1=CC(=O)C(O)(O)[C@]2(O)O3. The molecule has 2 fully saturated rings. The van der Waals surface area contributed by atoms with Crippen molar-refractivity contribution in [2.24, 2.45) is 0 Å². The number of esters is 10. The summed E-state index contributed by atoms with van der Waals surface area (Å²) in [6.45, 7) is -3.37. The molecule has 0 unspecified atom stereocenters. The van der Waals surface area contributed by atoms with E-state index in [2.05, 4.69) is 0 Å². The fourth-order valence-electron chi connectivity index (χ4n) is 15.7. The van der Waals surface area contributed by atoms with E-state index in [1.54, 1.807) is 0 Å². The van der Waals surface area contributed by atoms with Gasteiger partial charge >= 0.3 is 59.7 Å². The number of ketones is 1. The smallest absolute Gasteiger partial charge is 0.344 e. The number of cyclic esters (lactones) is 2. The van der Waals surface area contributed by atoms with Crippen molar-refractivity contribution >= 4 is 65.5 Å². The average molecular weight is 1890 g/mol. The monoisotopic (exact) mass is 1890 g/mol. The number of hydrogen-bond acceptors (Lipinski definition) is 53. The Bertz CT molecular complexity index is 6890. The van der Waals surface area contributed by atoms with Crippen LogP contribution in [0, 0.1) is 0 Å². The minimum atomic E-state index is -4.25. The third-order valence-corrected chi connectivity index (χ3v) is 22.2. The normalized spacial score (nSPS) is 23.1. The van der Waals surface area contributed by atoms with Crippen LogP contribution in [0.15, 0.2) is 78.4 Å². The molecule has 53 heteroatoms. The number of aromatic hydroxyl groups is 24. The van der Waals surface area contributed by atoms with Crippen molar-refractivity contribution in [1.29, 1.82) is 0 Å². The van der Waals surface area contributed by atoms with Gasteiger partial charge in [-0.3, -0.25) is 4.79 Å². The maximum Gasteiger partial charge on any atom is 0.344 e. The zero-order valence-corrected chi connectivity index (χ0v) is 65.9. The molecule has 9 aromatic rings. The predicted octanol–water partition coefficient (Wildman–Crippen LogP) is 1.37. The van der Waals surface area contributed by atoms with Crippen LogP contribution in [-0.2, 0) is 66.4 Å². The second-order valence-electron chi connectivity index (χ2n) is 30.1. The van der Waals surface area contributed by atoms with Gasteiger partial charge in [0.05, 0.1) is 50.4 Å². The van der Waals surface area contributed by atoms with Crippen molar-refractivity contribution in [2.45, 2.75) is 78.9 Å². The van der Waals surface area contributed by atoms with Gasteiger partial charge in [-0.15, -0.1) is 0 Å². The average Bonchev–Trinajstić information content (AvgIpc) is 1.53. The van der Waals surface area contributed by atoms with E-state index in [4.69, 9.17) is 71.1 Å². The highest BCUT2D eigenvalue weighted by Gasteiger charge is 2.71. The molecule has 8 aliphatic rings. The topological polar surface area (TPSA) is 872 Å². The molecule has 0 spiro atoms. The maximum atomic E-state index is 15.9. The second kappa shape index (κ2) is 31.1. The first-order chi connectivity index (χ1) is 63.5. The van der Waals surface area contributed by atoms with E-state index in [0.717, 1.165) is 0 Å². The molecule has 9 aromatic carbocycles. The predicted molar refractivity (Wildman–Crippen MR) is 409 cm³/mol. The molecule has 53 nitrogen and oxygen atoms in total. The molecule has 0 aromatic heterocycles. The molecule has 135 heavy (non-hydrogen) atoms. The van der Waals surface area contributed by atoms with Crippen LogP contribution in [0.1, 0.15) is 105 Å². The van der Waals surface area contributed by atoms with E-state index in [1.165, 1.54) is 0 Å². The molecule has 2 saturated heterocycles. The van der Waals surface area contributed by atoms with Crippen LogP contribution in [0.5, 0.6) is 167 Å². The van der Waals surface area contributed by atoms with Crippen molar-refractivity contribution < 1.29 is 262 Å². The lowest BCUT2D eigenvalue weighted by Gasteiger charge is -2.44. The van der Waals surface area contributed by atoms with Crippen molar-refractivity contribution in [3.63, 3.8) is 0 Å². The highest BCUT2D eigenvalue weighted by atomic mass is 16.8. The molecule has 7 heterocycles. The Labute approximate surface area is 739 Å². The summed E-state index contributed by atoms with van der Waals surface area (Å²) in [7, 11) is 0. The van der Waals surface area contributed by atoms with E-state index < -0.39 is 408 Å². The van der Waals surface area contributed by atoms with Gasteiger partial charge in [0.15, 0.2) is 139 Å². The quantitative estimate of drug-likeness (QED) is 0.0512. The minimum Gasteiger partial charge on any atom is -0.504 e. The molecule has 0 radical (unpaired) electrons. The number of phenols is 24. The lowest BCUT2D eigenvalue weighted by molar-refractivity contribution is -0.323. The Kier molecular flexibility index (Phi) is 20.4. The van der Waals surface area contributed by atoms with Crippen LogP contribution in [0.2, 0.25) is 0 Å². The van der Waals surface area contributed by atoms with Crippen LogP contribution < -0.4 is 14.2 Å². The van der Waals surface area contributed by atoms with Crippen molar-refractivity contribution in [1.82, 2.24) is 0 Å². The molecule has 7 aliphatic heterocycles. The van der Waals surface area contributed by atoms with Gasteiger partial charge in [0.1, 0.15) is 36.5 Å². The summed E-state index contributed by atoms with van der Waals surface area (Å²) < 4.78 is 87.1. The fraction of sp³-hybridized carbons (Fsp3) is 0.183. The van der Waals surface area contributed by atoms with Gasteiger partial charge in [-0.05, 0) is 54.6 Å². The molecule has 0 saturated carbocycles. The first kappa shape index (κ1) is 88.5. The Morgan fingerprint density at radius 1 is 0.319 bits per heavy atom. The third kappa shape index (κ3) is 13.7. The zero-order valence-electron chi connectivity index (χ0n) is 65.9. The Morgan fingerprint density at radius 3 is 1.19 bits per heavy atom. The molecule has 4 bridgehead atoms. The van der Waals surface area contributed by atoms with Crippen LogP contribution >= 0.6 is 0 Å². The van der Waals surface area contributed by atoms with Gasteiger partial charge in [-0.1, -0.05) is 0 Å². The van der Waals surface area contributed by atoms with Gasteiger partial charge in [0, 0.05) is 46.0 Å². The Hall–Kier alpha value is -18.5. The Balaban J connectivity index is 0.861. The summed E-state index contributed by atoms with van der Waals surface area (Å²) in [5, 5.41) is 305. The van der Waals surface area contributed by atoms with Crippen molar-refractivity contribution in [2.75, 3.05) is 13.2 Å². The number of rotatable bonds is 4. The first-order valence-electron chi connectivity index (χ1n) is 37.7. The summed E-state index contributed by atoms with van der Waals surface area (Å²) in [5.74, 6) is -80.5. The van der Waals surface area contributed by atoms with Crippen LogP contribution in [0.3, 0.4) is 0 Å². The third-order valence-electron chi connectivity index (χ3n) is 22.2. The van der Waals surface area contributed by atoms with Gasteiger partial charge in [-0.25, -0.2) is 47.9 Å². The number of aliphatic hydroxyl groups is 3.